The van der Waals surface area contributed by atoms with Gasteiger partial charge in [-0.3, -0.25) is 9.59 Å². The molecule has 0 spiro atoms. The Morgan fingerprint density at radius 2 is 0.858 bits per heavy atom. The summed E-state index contributed by atoms with van der Waals surface area (Å²) >= 11 is 6.57. The third-order valence-corrected chi connectivity index (χ3v) is 19.3. The Bertz CT molecular complexity index is 3610. The highest BCUT2D eigenvalue weighted by molar-refractivity contribution is 6.26. The number of benzene rings is 7. The highest BCUT2D eigenvalue weighted by atomic mass is 35.5. The van der Waals surface area contributed by atoms with E-state index in [-0.39, 0.29) is 72.0 Å². The molecule has 17 atom stereocenters. The molecule has 0 amide bonds. The molecule has 7 aromatic rings. The minimum atomic E-state index is -1.59. The van der Waals surface area contributed by atoms with Crippen LogP contribution in [0.25, 0.3) is 0 Å². The highest BCUT2D eigenvalue weighted by Crippen LogP contribution is 2.43. The lowest BCUT2D eigenvalue weighted by Gasteiger charge is -2.53. The number of fused-ring (bicyclic) bond motifs is 1. The number of hydrogen-bond acceptors (Lipinski definition) is 18. The number of carbonyl (C=O) groups excluding carboxylic acids is 2. The van der Waals surface area contributed by atoms with Crippen LogP contribution in [-0.2, 0) is 125 Å². The predicted molar refractivity (Wildman–Crippen MR) is 400 cm³/mol. The summed E-state index contributed by atoms with van der Waals surface area (Å²) in [5.41, 5.74) is 6.07. The first-order valence-corrected chi connectivity index (χ1v) is 38.0. The lowest BCUT2D eigenvalue weighted by atomic mass is 9.94. The zero-order chi connectivity index (χ0) is 73.3. The number of halogens is 1. The zero-order valence-electron chi connectivity index (χ0n) is 60.7. The molecule has 4 aliphatic rings. The van der Waals surface area contributed by atoms with E-state index < -0.39 is 116 Å². The van der Waals surface area contributed by atoms with E-state index in [0.717, 1.165) is 65.5 Å². The minimum Gasteiger partial charge on any atom is -0.454 e. The van der Waals surface area contributed by atoms with Gasteiger partial charge in [-0.1, -0.05) is 251 Å². The highest BCUT2D eigenvalue weighted by Gasteiger charge is 2.60. The first kappa shape index (κ1) is 79.7. The normalized spacial score (nSPS) is 26.1. The van der Waals surface area contributed by atoms with Crippen molar-refractivity contribution in [3.8, 4) is 0 Å². The SMILES string of the molecule is C=CCCCCC(=O)O[C@H]1[C@H](O[C@@H]2[C@@H](OC(=O)CCl)[C@H](O[C@H]3[C@H](O[C@H](CCCC=C)CCCCC)O[C@H](COCc4ccccc4)[C@@H](OCc4ccccc4)[C@@H]3OCc3ccccc3)O[C@@H]3COC(c4ccccc4)O[C@@H]23)O[C@H](COCc2ccccc2)[C@@H](OCc2ccccc2)[C@@H]1OCc1ccccc1. The van der Waals surface area contributed by atoms with Gasteiger partial charge in [-0.25, -0.2) is 0 Å². The summed E-state index contributed by atoms with van der Waals surface area (Å²) in [6.45, 7) is 11.0. The standard InChI is InChI=1S/C87H103ClO18/c1-4-7-10-34-51-73(89)102-81-78(95-57-66-43-28-15-29-44-66)75(93-55-64-39-24-13-25-40-64)71(60-92-54-63-37-22-12-23-38-63)100-86(81)105-80-77-72(61-97-84(104-77)68-47-32-17-33-48-68)101-87(83(80)103-74(90)52-88)106-82-79(96-58-67-45-30-16-31-46-67)76(94-56-65-41-26-14-27-42-65)70(59-91-53-62-35-20-11-21-36-62)99-85(82)98-69(49-18-8-5-2)50-19-9-6-3/h4-5,11-17,20-33,35-48,69-72,75-87H,1-2,6-10,18-19,34,49-61H2,3H3/t69-,70-,71-,72-,75-,76-,77-,78+,79+,80+,81-,82-,83-,84?,85-,86+,87+/m1/s1. The average Bonchev–Trinajstić information content (AvgIpc) is 0.755. The molecule has 7 aromatic carbocycles. The van der Waals surface area contributed by atoms with Crippen LogP contribution in [0.15, 0.2) is 238 Å². The Balaban J connectivity index is 1.04. The molecule has 106 heavy (non-hydrogen) atoms. The Labute approximate surface area is 629 Å². The second-order valence-electron chi connectivity index (χ2n) is 27.1. The molecule has 1 unspecified atom stereocenters. The average molecular weight is 1470 g/mol. The number of hydrogen-bond donors (Lipinski definition) is 0. The summed E-state index contributed by atoms with van der Waals surface area (Å²) in [5, 5.41) is 0. The van der Waals surface area contributed by atoms with Gasteiger partial charge in [-0.2, -0.15) is 0 Å². The van der Waals surface area contributed by atoms with Crippen LogP contribution in [0.1, 0.15) is 123 Å². The van der Waals surface area contributed by atoms with Crippen molar-refractivity contribution in [1.82, 2.24) is 0 Å². The number of esters is 2. The molecule has 566 valence electrons. The van der Waals surface area contributed by atoms with Crippen molar-refractivity contribution in [3.05, 3.63) is 277 Å². The number of carbonyl (C=O) groups is 2. The van der Waals surface area contributed by atoms with Gasteiger partial charge in [0, 0.05) is 12.0 Å². The molecule has 0 saturated carbocycles. The second kappa shape index (κ2) is 43.6. The molecule has 4 fully saturated rings. The summed E-state index contributed by atoms with van der Waals surface area (Å²) in [6.07, 6.45) is -7.87. The van der Waals surface area contributed by atoms with Crippen LogP contribution in [0.4, 0.5) is 0 Å². The fourth-order valence-electron chi connectivity index (χ4n) is 13.7. The van der Waals surface area contributed by atoms with Crippen molar-refractivity contribution >= 4 is 23.5 Å². The Morgan fingerprint density at radius 1 is 0.443 bits per heavy atom. The van der Waals surface area contributed by atoms with Gasteiger partial charge in [-0.05, 0) is 78.3 Å². The molecule has 0 N–H and O–H groups in total. The van der Waals surface area contributed by atoms with Crippen molar-refractivity contribution in [3.63, 3.8) is 0 Å². The molecule has 18 nitrogen and oxygen atoms in total. The topological polar surface area (TPSA) is 182 Å². The van der Waals surface area contributed by atoms with Gasteiger partial charge in [0.15, 0.2) is 37.4 Å². The number of allylic oxidation sites excluding steroid dienone is 2. The van der Waals surface area contributed by atoms with E-state index in [1.54, 1.807) is 0 Å². The molecule has 0 aliphatic carbocycles. The first-order valence-electron chi connectivity index (χ1n) is 37.5. The van der Waals surface area contributed by atoms with Gasteiger partial charge in [0.2, 0.25) is 0 Å². The van der Waals surface area contributed by atoms with E-state index >= 15 is 0 Å². The van der Waals surface area contributed by atoms with E-state index in [2.05, 4.69) is 20.1 Å². The molecule has 0 aromatic heterocycles. The summed E-state index contributed by atoms with van der Waals surface area (Å²) in [7, 11) is 0. The van der Waals surface area contributed by atoms with Crippen molar-refractivity contribution in [1.29, 1.82) is 0 Å². The molecular formula is C87H103ClO18. The van der Waals surface area contributed by atoms with Crippen molar-refractivity contribution < 1.29 is 85.4 Å². The molecule has 4 saturated heterocycles. The van der Waals surface area contributed by atoms with Crippen LogP contribution < -0.4 is 0 Å². The van der Waals surface area contributed by atoms with Crippen LogP contribution in [0, 0.1) is 0 Å². The number of ether oxygens (including phenoxy) is 16. The van der Waals surface area contributed by atoms with Crippen LogP contribution in [0.5, 0.6) is 0 Å². The van der Waals surface area contributed by atoms with Crippen LogP contribution >= 0.6 is 11.6 Å². The van der Waals surface area contributed by atoms with Gasteiger partial charge in [0.05, 0.1) is 65.6 Å². The largest absolute Gasteiger partial charge is 0.454 e. The maximum Gasteiger partial charge on any atom is 0.321 e. The van der Waals surface area contributed by atoms with E-state index in [1.165, 1.54) is 0 Å². The lowest BCUT2D eigenvalue weighted by Crippen LogP contribution is -2.69. The molecule has 11 rings (SSSR count). The first-order chi connectivity index (χ1) is 52.2. The number of rotatable bonds is 43. The number of unbranched alkanes of at least 4 members (excludes halogenated alkanes) is 5. The Kier molecular flexibility index (Phi) is 32.8. The smallest absolute Gasteiger partial charge is 0.321 e. The third kappa shape index (κ3) is 24.1. The molecule has 4 heterocycles. The quantitative estimate of drug-likeness (QED) is 0.0152. The van der Waals surface area contributed by atoms with E-state index in [4.69, 9.17) is 87.4 Å². The molecule has 0 radical (unpaired) electrons. The van der Waals surface area contributed by atoms with Gasteiger partial charge >= 0.3 is 11.9 Å². The monoisotopic (exact) mass is 1470 g/mol. The zero-order valence-corrected chi connectivity index (χ0v) is 61.4. The maximum absolute atomic E-state index is 14.8. The summed E-state index contributed by atoms with van der Waals surface area (Å²) in [6, 6.07) is 68.3. The van der Waals surface area contributed by atoms with Crippen LogP contribution in [0.3, 0.4) is 0 Å². The summed E-state index contributed by atoms with van der Waals surface area (Å²) < 4.78 is 114. The Hall–Kier alpha value is -7.31. The van der Waals surface area contributed by atoms with Crippen molar-refractivity contribution in [2.24, 2.45) is 0 Å². The third-order valence-electron chi connectivity index (χ3n) is 19.1. The maximum atomic E-state index is 14.8. The lowest BCUT2D eigenvalue weighted by molar-refractivity contribution is -0.414. The van der Waals surface area contributed by atoms with Gasteiger partial charge in [0.25, 0.3) is 0 Å². The molecular weight excluding hydrogens is 1370 g/mol. The van der Waals surface area contributed by atoms with Crippen LogP contribution in [-0.4, -0.2) is 136 Å². The van der Waals surface area contributed by atoms with Crippen molar-refractivity contribution in [2.45, 2.75) is 222 Å². The summed E-state index contributed by atoms with van der Waals surface area (Å²) in [4.78, 5) is 29.4. The van der Waals surface area contributed by atoms with E-state index in [9.17, 15) is 9.59 Å². The predicted octanol–water partition coefficient (Wildman–Crippen LogP) is 16.0. The fourth-order valence-corrected chi connectivity index (χ4v) is 13.7. The van der Waals surface area contributed by atoms with Gasteiger partial charge < -0.3 is 75.8 Å². The van der Waals surface area contributed by atoms with Crippen LogP contribution in [0.2, 0.25) is 0 Å². The molecule has 4 aliphatic heterocycles. The van der Waals surface area contributed by atoms with Gasteiger partial charge in [0.1, 0.15) is 66.9 Å². The molecule has 19 heteroatoms. The van der Waals surface area contributed by atoms with E-state index in [1.807, 2.05) is 224 Å². The molecule has 0 bridgehead atoms. The Morgan fingerprint density at radius 3 is 1.35 bits per heavy atom. The fraction of sp³-hybridized carbons (Fsp3) is 0.448. The number of alkyl halides is 1. The minimum absolute atomic E-state index is 0.0403. The summed E-state index contributed by atoms with van der Waals surface area (Å²) in [5.74, 6) is -1.98. The second-order valence-corrected chi connectivity index (χ2v) is 27.4. The van der Waals surface area contributed by atoms with Gasteiger partial charge in [-0.15, -0.1) is 24.8 Å². The van der Waals surface area contributed by atoms with E-state index in [0.29, 0.717) is 37.7 Å². The van der Waals surface area contributed by atoms with Crippen molar-refractivity contribution in [2.75, 3.05) is 25.7 Å².